The van der Waals surface area contributed by atoms with Gasteiger partial charge in [-0.3, -0.25) is 4.79 Å². The fraction of sp³-hybridized carbons (Fsp3) is 0.429. The molecule has 9 heteroatoms. The topological polar surface area (TPSA) is 84.3 Å². The van der Waals surface area contributed by atoms with E-state index in [-0.39, 0.29) is 16.8 Å². The van der Waals surface area contributed by atoms with Crippen LogP contribution in [-0.4, -0.2) is 42.0 Å². The first-order valence-corrected chi connectivity index (χ1v) is 9.51. The Kier molecular flexibility index (Phi) is 5.55. The zero-order chi connectivity index (χ0) is 17.0. The van der Waals surface area contributed by atoms with Gasteiger partial charge in [-0.2, -0.15) is 9.40 Å². The largest absolute Gasteiger partial charge is 0.310 e. The van der Waals surface area contributed by atoms with E-state index in [1.807, 2.05) is 13.8 Å². The lowest BCUT2D eigenvalue weighted by atomic mass is 10.3. The van der Waals surface area contributed by atoms with Crippen LogP contribution >= 0.6 is 11.3 Å². The molecule has 0 spiro atoms. The number of carbonyl (C=O) groups excluding carboxylic acids is 1. The highest BCUT2D eigenvalue weighted by atomic mass is 32.2. The molecule has 0 saturated heterocycles. The smallest absolute Gasteiger partial charge is 0.252 e. The van der Waals surface area contributed by atoms with Crippen molar-refractivity contribution in [2.24, 2.45) is 0 Å². The van der Waals surface area contributed by atoms with Crippen molar-refractivity contribution in [3.05, 3.63) is 29.8 Å². The van der Waals surface area contributed by atoms with Crippen molar-refractivity contribution >= 4 is 33.1 Å². The normalized spacial score (nSPS) is 13.2. The standard InChI is InChI=1S/C14H20N4O3S2/c1-4-11(2)18-12(7-8-15-18)16-13(19)10-17(3)23(20,21)14-6-5-9-22-14/h5-9,11H,4,10H2,1-3H3,(H,16,19). The second-order valence-electron chi connectivity index (χ2n) is 5.16. The van der Waals surface area contributed by atoms with Crippen LogP contribution in [0.25, 0.3) is 0 Å². The highest BCUT2D eigenvalue weighted by Crippen LogP contribution is 2.20. The summed E-state index contributed by atoms with van der Waals surface area (Å²) in [4.78, 5) is 12.1. The number of likely N-dealkylation sites (N-methyl/N-ethyl adjacent to an activating group) is 1. The van der Waals surface area contributed by atoms with Crippen LogP contribution in [0, 0.1) is 0 Å². The fourth-order valence-electron chi connectivity index (χ4n) is 1.97. The number of rotatable bonds is 7. The molecule has 1 atom stereocenters. The van der Waals surface area contributed by atoms with Gasteiger partial charge in [-0.05, 0) is 24.8 Å². The zero-order valence-electron chi connectivity index (χ0n) is 13.3. The Bertz CT molecular complexity index is 753. The van der Waals surface area contributed by atoms with Gasteiger partial charge in [-0.1, -0.05) is 13.0 Å². The first kappa shape index (κ1) is 17.6. The minimum atomic E-state index is -3.63. The van der Waals surface area contributed by atoms with Crippen LogP contribution in [0.4, 0.5) is 5.82 Å². The maximum atomic E-state index is 12.3. The van der Waals surface area contributed by atoms with Gasteiger partial charge < -0.3 is 5.32 Å². The summed E-state index contributed by atoms with van der Waals surface area (Å²) >= 11 is 1.12. The summed E-state index contributed by atoms with van der Waals surface area (Å²) in [6.07, 6.45) is 2.48. The van der Waals surface area contributed by atoms with Gasteiger partial charge in [-0.15, -0.1) is 11.3 Å². The van der Waals surface area contributed by atoms with Gasteiger partial charge in [0, 0.05) is 13.1 Å². The van der Waals surface area contributed by atoms with E-state index in [1.54, 1.807) is 28.4 Å². The number of nitrogens with one attached hydrogen (secondary N) is 1. The van der Waals surface area contributed by atoms with Crippen molar-refractivity contribution in [3.63, 3.8) is 0 Å². The van der Waals surface area contributed by atoms with Crippen molar-refractivity contribution < 1.29 is 13.2 Å². The van der Waals surface area contributed by atoms with Gasteiger partial charge in [-0.25, -0.2) is 13.1 Å². The molecule has 0 aromatic carbocycles. The third kappa shape index (κ3) is 3.98. The molecule has 1 N–H and O–H groups in total. The summed E-state index contributed by atoms with van der Waals surface area (Å²) in [5.74, 6) is 0.156. The van der Waals surface area contributed by atoms with Crippen molar-refractivity contribution in [2.45, 2.75) is 30.5 Å². The molecule has 0 aliphatic carbocycles. The summed E-state index contributed by atoms with van der Waals surface area (Å²) in [5, 5.41) is 8.58. The molecule has 0 radical (unpaired) electrons. The minimum Gasteiger partial charge on any atom is -0.310 e. The van der Waals surface area contributed by atoms with Gasteiger partial charge in [0.25, 0.3) is 10.0 Å². The summed E-state index contributed by atoms with van der Waals surface area (Å²) in [5.41, 5.74) is 0. The minimum absolute atomic E-state index is 0.146. The average Bonchev–Trinajstić information content (AvgIpc) is 3.17. The molecule has 0 aliphatic heterocycles. The van der Waals surface area contributed by atoms with Crippen LogP contribution in [0.2, 0.25) is 0 Å². The molecule has 2 heterocycles. The summed E-state index contributed by atoms with van der Waals surface area (Å²) in [6.45, 7) is 3.77. The van der Waals surface area contributed by atoms with Gasteiger partial charge in [0.1, 0.15) is 10.0 Å². The van der Waals surface area contributed by atoms with Crippen molar-refractivity contribution in [3.8, 4) is 0 Å². The van der Waals surface area contributed by atoms with Crippen LogP contribution in [0.1, 0.15) is 26.3 Å². The van der Waals surface area contributed by atoms with E-state index in [1.165, 1.54) is 13.1 Å². The van der Waals surface area contributed by atoms with E-state index in [4.69, 9.17) is 0 Å². The van der Waals surface area contributed by atoms with Gasteiger partial charge in [0.05, 0.1) is 18.8 Å². The highest BCUT2D eigenvalue weighted by molar-refractivity contribution is 7.91. The molecule has 2 aromatic heterocycles. The molecular weight excluding hydrogens is 336 g/mol. The van der Waals surface area contributed by atoms with Gasteiger partial charge in [0.15, 0.2) is 0 Å². The Morgan fingerprint density at radius 1 is 1.48 bits per heavy atom. The third-order valence-electron chi connectivity index (χ3n) is 3.47. The number of carbonyl (C=O) groups is 1. The molecule has 7 nitrogen and oxygen atoms in total. The Balaban J connectivity index is 2.04. The fourth-order valence-corrected chi connectivity index (χ4v) is 4.30. The number of amides is 1. The molecule has 2 aromatic rings. The van der Waals surface area contributed by atoms with E-state index in [9.17, 15) is 13.2 Å². The highest BCUT2D eigenvalue weighted by Gasteiger charge is 2.24. The van der Waals surface area contributed by atoms with Crippen molar-refractivity contribution in [2.75, 3.05) is 18.9 Å². The quantitative estimate of drug-likeness (QED) is 0.824. The maximum absolute atomic E-state index is 12.3. The first-order valence-electron chi connectivity index (χ1n) is 7.19. The van der Waals surface area contributed by atoms with Crippen LogP contribution in [0.15, 0.2) is 34.0 Å². The van der Waals surface area contributed by atoms with Crippen LogP contribution in [0.5, 0.6) is 0 Å². The van der Waals surface area contributed by atoms with Crippen LogP contribution in [0.3, 0.4) is 0 Å². The van der Waals surface area contributed by atoms with Crippen molar-refractivity contribution in [1.29, 1.82) is 0 Å². The number of sulfonamides is 1. The van der Waals surface area contributed by atoms with E-state index >= 15 is 0 Å². The number of nitrogens with zero attached hydrogens (tertiary/aromatic N) is 3. The van der Waals surface area contributed by atoms with E-state index in [0.717, 1.165) is 22.1 Å². The Labute approximate surface area is 140 Å². The predicted molar refractivity (Wildman–Crippen MR) is 90.0 cm³/mol. The maximum Gasteiger partial charge on any atom is 0.252 e. The molecule has 126 valence electrons. The summed E-state index contributed by atoms with van der Waals surface area (Å²) in [6, 6.07) is 5.02. The molecule has 1 unspecified atom stereocenters. The van der Waals surface area contributed by atoms with E-state index in [0.29, 0.717) is 5.82 Å². The molecular formula is C14H20N4O3S2. The lowest BCUT2D eigenvalue weighted by Gasteiger charge is -2.17. The van der Waals surface area contributed by atoms with Crippen molar-refractivity contribution in [1.82, 2.24) is 14.1 Å². The number of hydrogen-bond acceptors (Lipinski definition) is 5. The van der Waals surface area contributed by atoms with E-state index in [2.05, 4.69) is 10.4 Å². The summed E-state index contributed by atoms with van der Waals surface area (Å²) in [7, 11) is -2.24. The molecule has 0 bridgehead atoms. The molecule has 2 rings (SSSR count). The Hall–Kier alpha value is -1.71. The Morgan fingerprint density at radius 3 is 2.83 bits per heavy atom. The Morgan fingerprint density at radius 2 is 2.22 bits per heavy atom. The van der Waals surface area contributed by atoms with Crippen LogP contribution in [-0.2, 0) is 14.8 Å². The second-order valence-corrected chi connectivity index (χ2v) is 8.38. The molecule has 0 saturated carbocycles. The number of aromatic nitrogens is 2. The number of hydrogen-bond donors (Lipinski definition) is 1. The zero-order valence-corrected chi connectivity index (χ0v) is 14.9. The predicted octanol–water partition coefficient (Wildman–Crippen LogP) is 2.17. The lowest BCUT2D eigenvalue weighted by molar-refractivity contribution is -0.116. The van der Waals surface area contributed by atoms with Crippen LogP contribution < -0.4 is 5.32 Å². The molecule has 1 amide bonds. The second kappa shape index (κ2) is 7.24. The van der Waals surface area contributed by atoms with Gasteiger partial charge in [0.2, 0.25) is 5.91 Å². The SMILES string of the molecule is CCC(C)n1nccc1NC(=O)CN(C)S(=O)(=O)c1cccs1. The monoisotopic (exact) mass is 356 g/mol. The third-order valence-corrected chi connectivity index (χ3v) is 6.65. The molecule has 0 aliphatic rings. The number of thiophene rings is 1. The molecule has 23 heavy (non-hydrogen) atoms. The van der Waals surface area contributed by atoms with Gasteiger partial charge >= 0.3 is 0 Å². The first-order chi connectivity index (χ1) is 10.9. The molecule has 0 fully saturated rings. The summed E-state index contributed by atoms with van der Waals surface area (Å²) < 4.78 is 27.6. The average molecular weight is 356 g/mol. The lowest BCUT2D eigenvalue weighted by Crippen LogP contribution is -2.35. The number of anilines is 1. The van der Waals surface area contributed by atoms with E-state index < -0.39 is 15.9 Å².